The molecular weight excluding hydrogens is 485 g/mol. The number of thioether (sulfide) groups is 1. The fraction of sp³-hybridized carbons (Fsp3) is 0.286. The molecule has 2 amide bonds. The Hall–Kier alpha value is -0.580. The molecule has 1 aliphatic rings. The first-order valence-corrected chi connectivity index (χ1v) is 9.05. The number of halogens is 2. The Kier molecular flexibility index (Phi) is 6.30. The summed E-state index contributed by atoms with van der Waals surface area (Å²) in [4.78, 5) is 25.7. The minimum Gasteiger partial charge on any atom is -0.506 e. The number of amides is 2. The van der Waals surface area contributed by atoms with Crippen LogP contribution in [0.25, 0.3) is 6.08 Å². The van der Waals surface area contributed by atoms with Crippen LogP contribution in [0.15, 0.2) is 21.5 Å². The molecule has 1 aliphatic heterocycles. The maximum absolute atomic E-state index is 12.3. The van der Waals surface area contributed by atoms with Crippen LogP contribution < -0.4 is 0 Å². The predicted octanol–water partition coefficient (Wildman–Crippen LogP) is 3.83. The first-order chi connectivity index (χ1) is 10.4. The third-order valence-corrected chi connectivity index (χ3v) is 5.14. The van der Waals surface area contributed by atoms with Crippen LogP contribution in [0.4, 0.5) is 4.79 Å². The molecule has 118 valence electrons. The average Bonchev–Trinajstić information content (AvgIpc) is 2.72. The highest BCUT2D eigenvalue weighted by molar-refractivity contribution is 14.1. The van der Waals surface area contributed by atoms with E-state index in [1.807, 2.05) is 22.6 Å². The minimum absolute atomic E-state index is 0.0926. The number of rotatable bonds is 5. The fourth-order valence-electron chi connectivity index (χ4n) is 1.90. The highest BCUT2D eigenvalue weighted by Gasteiger charge is 2.34. The highest BCUT2D eigenvalue weighted by atomic mass is 127. The summed E-state index contributed by atoms with van der Waals surface area (Å²) in [6, 6.07) is 3.47. The van der Waals surface area contributed by atoms with Crippen molar-refractivity contribution in [2.45, 2.75) is 6.42 Å². The number of carbonyl (C=O) groups excluding carboxylic acids is 2. The minimum atomic E-state index is -0.333. The number of hydrogen-bond acceptors (Lipinski definition) is 5. The van der Waals surface area contributed by atoms with Gasteiger partial charge in [-0.05, 0) is 59.0 Å². The second kappa shape index (κ2) is 7.80. The Labute approximate surface area is 154 Å². The van der Waals surface area contributed by atoms with Crippen LogP contribution >= 0.6 is 50.3 Å². The van der Waals surface area contributed by atoms with Crippen LogP contribution in [-0.4, -0.2) is 41.4 Å². The number of nitrogens with zero attached hydrogens (tertiary/aromatic N) is 1. The summed E-state index contributed by atoms with van der Waals surface area (Å²) >= 11 is 6.24. The second-order valence-corrected chi connectivity index (χ2v) is 7.58. The number of hydrogen-bond donors (Lipinski definition) is 1. The second-order valence-electron chi connectivity index (χ2n) is 4.51. The lowest BCUT2D eigenvalue weighted by atomic mass is 10.2. The average molecular weight is 498 g/mol. The summed E-state index contributed by atoms with van der Waals surface area (Å²) < 4.78 is 6.38. The molecule has 0 saturated carbocycles. The molecule has 1 saturated heterocycles. The van der Waals surface area contributed by atoms with Crippen molar-refractivity contribution in [1.29, 1.82) is 0 Å². The lowest BCUT2D eigenvalue weighted by molar-refractivity contribution is -0.122. The normalized spacial score (nSPS) is 16.9. The van der Waals surface area contributed by atoms with Crippen molar-refractivity contribution >= 4 is 67.5 Å². The number of aromatic hydroxyl groups is 1. The summed E-state index contributed by atoms with van der Waals surface area (Å²) in [6.45, 7) is 0.823. The van der Waals surface area contributed by atoms with Crippen molar-refractivity contribution in [2.24, 2.45) is 0 Å². The van der Waals surface area contributed by atoms with Gasteiger partial charge in [-0.3, -0.25) is 14.5 Å². The molecule has 0 unspecified atom stereocenters. The van der Waals surface area contributed by atoms with Crippen LogP contribution in [0.5, 0.6) is 5.75 Å². The van der Waals surface area contributed by atoms with Crippen molar-refractivity contribution in [1.82, 2.24) is 4.90 Å². The van der Waals surface area contributed by atoms with Gasteiger partial charge in [0.05, 0.1) is 8.48 Å². The molecule has 0 spiro atoms. The Bertz CT molecular complexity index is 650. The molecule has 0 bridgehead atoms. The smallest absolute Gasteiger partial charge is 0.293 e. The maximum Gasteiger partial charge on any atom is 0.293 e. The molecule has 1 aromatic rings. The molecular formula is C14H13BrINO4S. The van der Waals surface area contributed by atoms with Gasteiger partial charge in [-0.1, -0.05) is 15.9 Å². The van der Waals surface area contributed by atoms with E-state index in [4.69, 9.17) is 4.74 Å². The number of carbonyl (C=O) groups is 2. The van der Waals surface area contributed by atoms with Gasteiger partial charge in [0.2, 0.25) is 0 Å². The number of ether oxygens (including phenoxy) is 1. The van der Waals surface area contributed by atoms with Gasteiger partial charge in [0.1, 0.15) is 5.75 Å². The van der Waals surface area contributed by atoms with Gasteiger partial charge in [0, 0.05) is 30.3 Å². The van der Waals surface area contributed by atoms with Crippen molar-refractivity contribution in [3.8, 4) is 5.75 Å². The fourth-order valence-corrected chi connectivity index (χ4v) is 4.30. The molecule has 2 rings (SSSR count). The van der Waals surface area contributed by atoms with E-state index in [1.165, 1.54) is 4.90 Å². The first-order valence-electron chi connectivity index (χ1n) is 6.36. The van der Waals surface area contributed by atoms with Gasteiger partial charge in [0.25, 0.3) is 11.1 Å². The van der Waals surface area contributed by atoms with E-state index >= 15 is 0 Å². The molecule has 1 fully saturated rings. The standard InChI is InChI=1S/C14H13BrINO4S/c1-21-4-2-3-17-13(19)11(22-14(17)20)6-8-5-9(15)7-10(16)12(8)18/h5-7,18H,2-4H2,1H3/b11-6-. The van der Waals surface area contributed by atoms with Crippen LogP contribution in [0.1, 0.15) is 12.0 Å². The SMILES string of the molecule is COCCCN1C(=O)S/C(=C\c2cc(Br)cc(I)c2O)C1=O. The van der Waals surface area contributed by atoms with E-state index in [1.54, 1.807) is 25.3 Å². The monoisotopic (exact) mass is 497 g/mol. The Morgan fingerprint density at radius 3 is 2.86 bits per heavy atom. The molecule has 1 heterocycles. The zero-order valence-electron chi connectivity index (χ0n) is 11.6. The van der Waals surface area contributed by atoms with E-state index in [9.17, 15) is 14.7 Å². The van der Waals surface area contributed by atoms with E-state index < -0.39 is 0 Å². The van der Waals surface area contributed by atoms with Gasteiger partial charge < -0.3 is 9.84 Å². The summed E-state index contributed by atoms with van der Waals surface area (Å²) in [5, 5.41) is 9.77. The number of benzene rings is 1. The van der Waals surface area contributed by atoms with E-state index in [-0.39, 0.29) is 16.9 Å². The molecule has 0 radical (unpaired) electrons. The Morgan fingerprint density at radius 1 is 1.45 bits per heavy atom. The van der Waals surface area contributed by atoms with Crippen molar-refractivity contribution in [2.75, 3.05) is 20.3 Å². The Balaban J connectivity index is 2.23. The van der Waals surface area contributed by atoms with Crippen molar-refractivity contribution in [3.63, 3.8) is 0 Å². The molecule has 1 N–H and O–H groups in total. The molecule has 5 nitrogen and oxygen atoms in total. The van der Waals surface area contributed by atoms with Crippen LogP contribution in [0.3, 0.4) is 0 Å². The van der Waals surface area contributed by atoms with E-state index in [0.29, 0.717) is 33.6 Å². The van der Waals surface area contributed by atoms with Crippen LogP contribution in [0, 0.1) is 3.57 Å². The summed E-state index contributed by atoms with van der Waals surface area (Å²) in [5.74, 6) is -0.240. The van der Waals surface area contributed by atoms with Crippen LogP contribution in [-0.2, 0) is 9.53 Å². The van der Waals surface area contributed by atoms with Gasteiger partial charge in [-0.2, -0.15) is 0 Å². The molecule has 8 heteroatoms. The van der Waals surface area contributed by atoms with Crippen molar-refractivity contribution < 1.29 is 19.4 Å². The number of phenolic OH excluding ortho intramolecular Hbond substituents is 1. The third-order valence-electron chi connectivity index (χ3n) is 2.95. The maximum atomic E-state index is 12.3. The topological polar surface area (TPSA) is 66.8 Å². The summed E-state index contributed by atoms with van der Waals surface area (Å²) in [6.07, 6.45) is 2.14. The number of phenols is 1. The lowest BCUT2D eigenvalue weighted by Gasteiger charge is -2.11. The van der Waals surface area contributed by atoms with Gasteiger partial charge in [-0.15, -0.1) is 0 Å². The molecule has 1 aromatic carbocycles. The summed E-state index contributed by atoms with van der Waals surface area (Å²) in [5.41, 5.74) is 0.501. The largest absolute Gasteiger partial charge is 0.506 e. The van der Waals surface area contributed by atoms with E-state index in [0.717, 1.165) is 16.2 Å². The molecule has 22 heavy (non-hydrogen) atoms. The van der Waals surface area contributed by atoms with Gasteiger partial charge in [-0.25, -0.2) is 0 Å². The molecule has 0 aromatic heterocycles. The highest BCUT2D eigenvalue weighted by Crippen LogP contribution is 2.36. The van der Waals surface area contributed by atoms with Crippen LogP contribution in [0.2, 0.25) is 0 Å². The van der Waals surface area contributed by atoms with Gasteiger partial charge in [0.15, 0.2) is 0 Å². The summed E-state index contributed by atoms with van der Waals surface area (Å²) in [7, 11) is 1.57. The molecule has 0 atom stereocenters. The number of imide groups is 1. The Morgan fingerprint density at radius 2 is 2.18 bits per heavy atom. The number of methoxy groups -OCH3 is 1. The quantitative estimate of drug-likeness (QED) is 0.380. The van der Waals surface area contributed by atoms with E-state index in [2.05, 4.69) is 15.9 Å². The molecule has 0 aliphatic carbocycles. The zero-order chi connectivity index (χ0) is 16.3. The lowest BCUT2D eigenvalue weighted by Crippen LogP contribution is -2.29. The van der Waals surface area contributed by atoms with Gasteiger partial charge >= 0.3 is 0 Å². The first kappa shape index (κ1) is 17.8. The van der Waals surface area contributed by atoms with Crippen molar-refractivity contribution in [3.05, 3.63) is 30.6 Å². The third kappa shape index (κ3) is 4.03. The zero-order valence-corrected chi connectivity index (χ0v) is 16.2. The predicted molar refractivity (Wildman–Crippen MR) is 97.7 cm³/mol.